The molecular formula is C41H76N2O5S. The van der Waals surface area contributed by atoms with E-state index in [4.69, 9.17) is 9.47 Å². The first-order valence-corrected chi connectivity index (χ1v) is 21.2. The van der Waals surface area contributed by atoms with E-state index in [9.17, 15) is 14.4 Å². The standard InChI is InChI=1S/C41H76N2O5S/c1-5-7-9-11-13-21-27-35-47-40(45)30-23-17-15-19-25-33-43(39(44)38-49-37-29-32-42(3)4)34-26-20-16-18-24-31-41(46)48-36-28-22-14-12-10-8-6-2/h21-22,27-28H,5-20,23-26,29-38H2,1-4H3. The molecule has 0 N–H and O–H groups in total. The Kier molecular flexibility index (Phi) is 36.1. The molecule has 0 rings (SSSR count). The molecular weight excluding hydrogens is 633 g/mol. The molecule has 0 saturated heterocycles. The second kappa shape index (κ2) is 37.5. The van der Waals surface area contributed by atoms with E-state index < -0.39 is 0 Å². The molecule has 0 bridgehead atoms. The highest BCUT2D eigenvalue weighted by molar-refractivity contribution is 7.99. The molecule has 0 aliphatic heterocycles. The quantitative estimate of drug-likeness (QED) is 0.0364. The summed E-state index contributed by atoms with van der Waals surface area (Å²) in [5.41, 5.74) is 0. The van der Waals surface area contributed by atoms with Crippen molar-refractivity contribution in [1.82, 2.24) is 9.80 Å². The fourth-order valence-corrected chi connectivity index (χ4v) is 6.31. The number of carbonyl (C=O) groups is 3. The van der Waals surface area contributed by atoms with Crippen LogP contribution in [0.4, 0.5) is 0 Å². The van der Waals surface area contributed by atoms with Gasteiger partial charge in [0.25, 0.3) is 0 Å². The van der Waals surface area contributed by atoms with Gasteiger partial charge < -0.3 is 19.3 Å². The second-order valence-corrected chi connectivity index (χ2v) is 14.7. The normalized spacial score (nSPS) is 11.6. The fraction of sp³-hybridized carbons (Fsp3) is 0.829. The Morgan fingerprint density at radius 1 is 0.531 bits per heavy atom. The number of carbonyl (C=O) groups excluding carboxylic acids is 3. The minimum atomic E-state index is -0.105. The van der Waals surface area contributed by atoms with Crippen molar-refractivity contribution in [2.24, 2.45) is 0 Å². The molecule has 286 valence electrons. The number of nitrogens with zero attached hydrogens (tertiary/aromatic N) is 2. The van der Waals surface area contributed by atoms with Crippen LogP contribution in [-0.4, -0.2) is 86.1 Å². The summed E-state index contributed by atoms with van der Waals surface area (Å²) in [5.74, 6) is 1.61. The lowest BCUT2D eigenvalue weighted by atomic mass is 10.1. The van der Waals surface area contributed by atoms with Crippen molar-refractivity contribution in [3.63, 3.8) is 0 Å². The number of hydrogen-bond acceptors (Lipinski definition) is 7. The molecule has 0 aliphatic carbocycles. The number of esters is 2. The number of unbranched alkanes of at least 4 members (excludes halogenated alkanes) is 16. The van der Waals surface area contributed by atoms with Crippen LogP contribution in [0.15, 0.2) is 24.3 Å². The highest BCUT2D eigenvalue weighted by Crippen LogP contribution is 2.13. The average molecular weight is 709 g/mol. The minimum Gasteiger partial charge on any atom is -0.461 e. The maximum atomic E-state index is 13.1. The summed E-state index contributed by atoms with van der Waals surface area (Å²) in [6.45, 7) is 7.87. The van der Waals surface area contributed by atoms with E-state index in [2.05, 4.69) is 49.9 Å². The molecule has 0 heterocycles. The third-order valence-corrected chi connectivity index (χ3v) is 9.58. The largest absolute Gasteiger partial charge is 0.461 e. The highest BCUT2D eigenvalue weighted by atomic mass is 32.2. The summed E-state index contributed by atoms with van der Waals surface area (Å²) >= 11 is 1.75. The maximum absolute atomic E-state index is 13.1. The van der Waals surface area contributed by atoms with Crippen LogP contribution in [0.2, 0.25) is 0 Å². The first-order chi connectivity index (χ1) is 23.9. The van der Waals surface area contributed by atoms with Crippen LogP contribution in [0.1, 0.15) is 162 Å². The van der Waals surface area contributed by atoms with Crippen LogP contribution < -0.4 is 0 Å². The minimum absolute atomic E-state index is 0.105. The average Bonchev–Trinajstić information content (AvgIpc) is 3.08. The molecule has 1 amide bonds. The van der Waals surface area contributed by atoms with Gasteiger partial charge >= 0.3 is 11.9 Å². The zero-order valence-corrected chi connectivity index (χ0v) is 33.2. The van der Waals surface area contributed by atoms with Gasteiger partial charge in [-0.25, -0.2) is 0 Å². The first-order valence-electron chi connectivity index (χ1n) is 20.0. The molecule has 0 aromatic carbocycles. The van der Waals surface area contributed by atoms with Gasteiger partial charge in [-0.05, 0) is 84.2 Å². The Balaban J connectivity index is 4.17. The lowest BCUT2D eigenvalue weighted by molar-refractivity contribution is -0.143. The van der Waals surface area contributed by atoms with E-state index >= 15 is 0 Å². The number of amides is 1. The van der Waals surface area contributed by atoms with Gasteiger partial charge in [-0.15, -0.1) is 0 Å². The molecule has 0 aliphatic rings. The molecule has 0 aromatic heterocycles. The SMILES string of the molecule is CCCCCCC=CCOC(=O)CCCCCCCN(CCCCCCCC(=O)OCC=CCCCCCC)C(=O)CSCCCN(C)C. The number of rotatable bonds is 36. The number of thioether (sulfide) groups is 1. The van der Waals surface area contributed by atoms with Crippen molar-refractivity contribution in [3.05, 3.63) is 24.3 Å². The van der Waals surface area contributed by atoms with Gasteiger partial charge in [0.1, 0.15) is 13.2 Å². The molecule has 7 nitrogen and oxygen atoms in total. The number of hydrogen-bond donors (Lipinski definition) is 0. The lowest BCUT2D eigenvalue weighted by Gasteiger charge is -2.23. The van der Waals surface area contributed by atoms with Gasteiger partial charge in [0.2, 0.25) is 5.91 Å². The first kappa shape index (κ1) is 47.2. The van der Waals surface area contributed by atoms with E-state index in [1.807, 2.05) is 12.2 Å². The number of allylic oxidation sites excluding steroid dienone is 2. The van der Waals surface area contributed by atoms with E-state index in [-0.39, 0.29) is 17.8 Å². The number of ether oxygens (including phenoxy) is 2. The fourth-order valence-electron chi connectivity index (χ4n) is 5.48. The Morgan fingerprint density at radius 2 is 0.980 bits per heavy atom. The molecule has 49 heavy (non-hydrogen) atoms. The van der Waals surface area contributed by atoms with Gasteiger partial charge in [0.15, 0.2) is 0 Å². The summed E-state index contributed by atoms with van der Waals surface area (Å²) in [4.78, 5) is 41.3. The van der Waals surface area contributed by atoms with Gasteiger partial charge in [-0.1, -0.05) is 115 Å². The summed E-state index contributed by atoms with van der Waals surface area (Å²) in [6.07, 6.45) is 32.4. The Hall–Kier alpha value is -1.80. The predicted molar refractivity (Wildman–Crippen MR) is 210 cm³/mol. The van der Waals surface area contributed by atoms with Gasteiger partial charge in [-0.3, -0.25) is 14.4 Å². The van der Waals surface area contributed by atoms with Crippen LogP contribution in [0.3, 0.4) is 0 Å². The van der Waals surface area contributed by atoms with Crippen molar-refractivity contribution >= 4 is 29.6 Å². The monoisotopic (exact) mass is 709 g/mol. The van der Waals surface area contributed by atoms with Crippen LogP contribution in [0.25, 0.3) is 0 Å². The third kappa shape index (κ3) is 35.8. The van der Waals surface area contributed by atoms with Crippen LogP contribution in [0, 0.1) is 0 Å². The topological polar surface area (TPSA) is 76.1 Å². The zero-order chi connectivity index (χ0) is 36.0. The van der Waals surface area contributed by atoms with Crippen molar-refractivity contribution < 1.29 is 23.9 Å². The van der Waals surface area contributed by atoms with Crippen molar-refractivity contribution in [1.29, 1.82) is 0 Å². The van der Waals surface area contributed by atoms with Gasteiger partial charge in [0.05, 0.1) is 5.75 Å². The Morgan fingerprint density at radius 3 is 1.45 bits per heavy atom. The summed E-state index contributed by atoms with van der Waals surface area (Å²) < 4.78 is 10.7. The van der Waals surface area contributed by atoms with Crippen molar-refractivity contribution in [3.8, 4) is 0 Å². The van der Waals surface area contributed by atoms with Crippen molar-refractivity contribution in [2.45, 2.75) is 162 Å². The van der Waals surface area contributed by atoms with Crippen LogP contribution in [0.5, 0.6) is 0 Å². The maximum Gasteiger partial charge on any atom is 0.306 e. The predicted octanol–water partition coefficient (Wildman–Crippen LogP) is 10.3. The summed E-state index contributed by atoms with van der Waals surface area (Å²) in [6, 6.07) is 0. The van der Waals surface area contributed by atoms with E-state index in [1.165, 1.54) is 51.4 Å². The molecule has 0 atom stereocenters. The molecule has 0 radical (unpaired) electrons. The summed E-state index contributed by atoms with van der Waals surface area (Å²) in [5, 5.41) is 0. The molecule has 0 saturated carbocycles. The van der Waals surface area contributed by atoms with Crippen LogP contribution in [-0.2, 0) is 23.9 Å². The zero-order valence-electron chi connectivity index (χ0n) is 32.4. The van der Waals surface area contributed by atoms with Crippen molar-refractivity contribution in [2.75, 3.05) is 58.4 Å². The second-order valence-electron chi connectivity index (χ2n) is 13.6. The van der Waals surface area contributed by atoms with Crippen LogP contribution >= 0.6 is 11.8 Å². The Bertz CT molecular complexity index is 781. The van der Waals surface area contributed by atoms with Gasteiger partial charge in [-0.2, -0.15) is 11.8 Å². The molecule has 0 aromatic rings. The van der Waals surface area contributed by atoms with Gasteiger partial charge in [0, 0.05) is 25.9 Å². The highest BCUT2D eigenvalue weighted by Gasteiger charge is 2.13. The summed E-state index contributed by atoms with van der Waals surface area (Å²) in [7, 11) is 4.17. The van der Waals surface area contributed by atoms with E-state index in [0.29, 0.717) is 31.8 Å². The van der Waals surface area contributed by atoms with E-state index in [1.54, 1.807) is 11.8 Å². The molecule has 0 fully saturated rings. The molecule has 8 heteroatoms. The Labute approximate surface area is 306 Å². The molecule has 0 spiro atoms. The van der Waals surface area contributed by atoms with E-state index in [0.717, 1.165) is 109 Å². The smallest absolute Gasteiger partial charge is 0.306 e. The molecule has 0 unspecified atom stereocenters. The third-order valence-electron chi connectivity index (χ3n) is 8.55. The lowest BCUT2D eigenvalue weighted by Crippen LogP contribution is -2.34.